The molecule has 19 heteroatoms. The standard InChI is InChI=1S/C89H174O17P2/c1-9-82(8)68-60-52-44-36-30-24-17-12-10-11-13-19-26-32-38-46-55-63-71-89(94)106-85(76-100-87(92)70-62-54-48-40-43-51-59-67-81(6)7)78-104-108(97,98)102-74-83(90)73-101-107(95,96)103-77-84(105-88(93)72-64-56-47-39-33-27-21-20-23-29-35-42-50-58-66-80(4)5)75-99-86(91)69-61-53-45-37-31-25-18-15-14-16-22-28-34-41-49-57-65-79(2)3/h79-85,90H,9-78H2,1-8H3,(H,95,96)(H,97,98)/t82?,83?,84-,85-/m1/s1. The Morgan fingerprint density at radius 2 is 0.444 bits per heavy atom. The molecule has 0 amide bonds. The Labute approximate surface area is 664 Å². The summed E-state index contributed by atoms with van der Waals surface area (Å²) in [5.74, 6) is 1.08. The Kier molecular flexibility index (Phi) is 76.2. The molecule has 0 heterocycles. The fourth-order valence-electron chi connectivity index (χ4n) is 13.8. The van der Waals surface area contributed by atoms with Crippen molar-refractivity contribution < 1.29 is 80.2 Å². The molecule has 642 valence electrons. The van der Waals surface area contributed by atoms with Gasteiger partial charge in [0.1, 0.15) is 19.3 Å². The van der Waals surface area contributed by atoms with Crippen LogP contribution >= 0.6 is 15.6 Å². The number of esters is 4. The van der Waals surface area contributed by atoms with Gasteiger partial charge in [-0.2, -0.15) is 0 Å². The molecule has 0 radical (unpaired) electrons. The first-order chi connectivity index (χ1) is 52.1. The van der Waals surface area contributed by atoms with E-state index in [1.807, 2.05) is 0 Å². The van der Waals surface area contributed by atoms with Crippen molar-refractivity contribution in [2.45, 2.75) is 485 Å². The van der Waals surface area contributed by atoms with E-state index in [0.717, 1.165) is 114 Å². The van der Waals surface area contributed by atoms with Gasteiger partial charge in [-0.05, 0) is 49.4 Å². The molecule has 0 aromatic rings. The fourth-order valence-corrected chi connectivity index (χ4v) is 15.4. The van der Waals surface area contributed by atoms with E-state index in [1.54, 1.807) is 0 Å². The van der Waals surface area contributed by atoms with Crippen LogP contribution in [0, 0.1) is 23.7 Å². The van der Waals surface area contributed by atoms with Gasteiger partial charge in [-0.15, -0.1) is 0 Å². The molecule has 108 heavy (non-hydrogen) atoms. The van der Waals surface area contributed by atoms with Crippen LogP contribution in [0.25, 0.3) is 0 Å². The third-order valence-electron chi connectivity index (χ3n) is 21.2. The van der Waals surface area contributed by atoms with E-state index >= 15 is 0 Å². The summed E-state index contributed by atoms with van der Waals surface area (Å²) in [4.78, 5) is 73.3. The first kappa shape index (κ1) is 106. The second-order valence-corrected chi connectivity index (χ2v) is 36.6. The Bertz CT molecular complexity index is 2100. The summed E-state index contributed by atoms with van der Waals surface area (Å²) in [6.07, 6.45) is 68.1. The Morgan fingerprint density at radius 3 is 0.657 bits per heavy atom. The number of phosphoric ester groups is 2. The average Bonchev–Trinajstić information content (AvgIpc) is 0.900. The maximum absolute atomic E-state index is 13.2. The number of rotatable bonds is 86. The molecule has 0 aliphatic carbocycles. The van der Waals surface area contributed by atoms with E-state index in [0.29, 0.717) is 31.6 Å². The number of hydrogen-bond acceptors (Lipinski definition) is 15. The lowest BCUT2D eigenvalue weighted by Gasteiger charge is -2.21. The van der Waals surface area contributed by atoms with Crippen molar-refractivity contribution in [3.05, 3.63) is 0 Å². The molecule has 0 aromatic heterocycles. The molecule has 0 saturated carbocycles. The summed E-state index contributed by atoms with van der Waals surface area (Å²) >= 11 is 0. The molecule has 0 bridgehead atoms. The van der Waals surface area contributed by atoms with E-state index in [4.69, 9.17) is 37.0 Å². The summed E-state index contributed by atoms with van der Waals surface area (Å²) in [5, 5.41) is 10.7. The van der Waals surface area contributed by atoms with Gasteiger partial charge in [0.15, 0.2) is 12.2 Å². The van der Waals surface area contributed by atoms with Crippen molar-refractivity contribution in [2.24, 2.45) is 23.7 Å². The first-order valence-electron chi connectivity index (χ1n) is 45.7. The Morgan fingerprint density at radius 1 is 0.259 bits per heavy atom. The van der Waals surface area contributed by atoms with Crippen LogP contribution in [0.5, 0.6) is 0 Å². The van der Waals surface area contributed by atoms with Crippen LogP contribution in [0.4, 0.5) is 0 Å². The summed E-state index contributed by atoms with van der Waals surface area (Å²) in [6.45, 7) is 14.4. The summed E-state index contributed by atoms with van der Waals surface area (Å²) in [6, 6.07) is 0. The first-order valence-corrected chi connectivity index (χ1v) is 48.7. The molecule has 0 aliphatic rings. The number of carbonyl (C=O) groups excluding carboxylic acids is 4. The van der Waals surface area contributed by atoms with Crippen LogP contribution in [0.3, 0.4) is 0 Å². The van der Waals surface area contributed by atoms with Crippen LogP contribution in [0.2, 0.25) is 0 Å². The SMILES string of the molecule is CCC(C)CCCCCCCCCCCCCCCCCCCCC(=O)O[C@H](COC(=O)CCCCCCCCCC(C)C)COP(=O)(O)OCC(O)COP(=O)(O)OC[C@@H](COC(=O)CCCCCCCCCCCCCCCCCCC(C)C)OC(=O)CCCCCCCCCCCCCCCCC(C)C. The smallest absolute Gasteiger partial charge is 0.462 e. The van der Waals surface area contributed by atoms with Crippen molar-refractivity contribution in [2.75, 3.05) is 39.6 Å². The third kappa shape index (κ3) is 80.7. The van der Waals surface area contributed by atoms with Gasteiger partial charge in [-0.3, -0.25) is 37.3 Å². The highest BCUT2D eigenvalue weighted by Gasteiger charge is 2.31. The number of hydrogen-bond donors (Lipinski definition) is 3. The van der Waals surface area contributed by atoms with Crippen LogP contribution in [-0.4, -0.2) is 96.7 Å². The molecule has 0 spiro atoms. The topological polar surface area (TPSA) is 237 Å². The lowest BCUT2D eigenvalue weighted by atomic mass is 9.99. The van der Waals surface area contributed by atoms with Gasteiger partial charge in [0, 0.05) is 25.7 Å². The number of unbranched alkanes of at least 4 members (excludes halogenated alkanes) is 51. The molecule has 0 fully saturated rings. The van der Waals surface area contributed by atoms with E-state index in [1.165, 1.54) is 263 Å². The molecule has 0 aliphatic heterocycles. The highest BCUT2D eigenvalue weighted by molar-refractivity contribution is 7.47. The van der Waals surface area contributed by atoms with Gasteiger partial charge in [-0.25, -0.2) is 9.13 Å². The summed E-state index contributed by atoms with van der Waals surface area (Å²) in [5.41, 5.74) is 0. The Hall–Kier alpha value is -1.94. The fraction of sp³-hybridized carbons (Fsp3) is 0.955. The molecule has 4 unspecified atom stereocenters. The van der Waals surface area contributed by atoms with Crippen molar-refractivity contribution >= 4 is 39.5 Å². The predicted octanol–water partition coefficient (Wildman–Crippen LogP) is 27.1. The van der Waals surface area contributed by atoms with Crippen LogP contribution in [-0.2, 0) is 65.4 Å². The second kappa shape index (κ2) is 77.6. The molecule has 0 rings (SSSR count). The number of phosphoric acid groups is 2. The predicted molar refractivity (Wildman–Crippen MR) is 446 cm³/mol. The van der Waals surface area contributed by atoms with Crippen LogP contribution < -0.4 is 0 Å². The van der Waals surface area contributed by atoms with E-state index < -0.39 is 97.5 Å². The highest BCUT2D eigenvalue weighted by atomic mass is 31.2. The zero-order valence-corrected chi connectivity index (χ0v) is 73.3. The second-order valence-electron chi connectivity index (χ2n) is 33.7. The van der Waals surface area contributed by atoms with Gasteiger partial charge in [0.05, 0.1) is 26.4 Å². The minimum Gasteiger partial charge on any atom is -0.462 e. The van der Waals surface area contributed by atoms with Gasteiger partial charge in [-0.1, -0.05) is 415 Å². The maximum Gasteiger partial charge on any atom is 0.472 e. The lowest BCUT2D eigenvalue weighted by Crippen LogP contribution is -2.30. The van der Waals surface area contributed by atoms with Gasteiger partial charge >= 0.3 is 39.5 Å². The summed E-state index contributed by atoms with van der Waals surface area (Å²) < 4.78 is 69.0. The zero-order chi connectivity index (χ0) is 79.5. The minimum absolute atomic E-state index is 0.107. The van der Waals surface area contributed by atoms with Gasteiger partial charge < -0.3 is 33.8 Å². The molecular formula is C89H174O17P2. The molecule has 6 atom stereocenters. The van der Waals surface area contributed by atoms with Crippen molar-refractivity contribution in [1.29, 1.82) is 0 Å². The largest absolute Gasteiger partial charge is 0.472 e. The minimum atomic E-state index is -4.97. The van der Waals surface area contributed by atoms with Crippen LogP contribution in [0.15, 0.2) is 0 Å². The monoisotopic (exact) mass is 1580 g/mol. The molecule has 3 N–H and O–H groups in total. The molecule has 0 saturated heterocycles. The maximum atomic E-state index is 13.2. The van der Waals surface area contributed by atoms with Crippen molar-refractivity contribution in [1.82, 2.24) is 0 Å². The average molecular weight is 1580 g/mol. The molecular weight excluding hydrogens is 1400 g/mol. The van der Waals surface area contributed by atoms with Gasteiger partial charge in [0.25, 0.3) is 0 Å². The number of carbonyl (C=O) groups is 4. The summed E-state index contributed by atoms with van der Waals surface area (Å²) in [7, 11) is -9.93. The molecule has 17 nitrogen and oxygen atoms in total. The number of aliphatic hydroxyl groups excluding tert-OH is 1. The highest BCUT2D eigenvalue weighted by Crippen LogP contribution is 2.45. The Balaban J connectivity index is 5.20. The van der Waals surface area contributed by atoms with E-state index in [9.17, 15) is 43.2 Å². The third-order valence-corrected chi connectivity index (χ3v) is 23.1. The lowest BCUT2D eigenvalue weighted by molar-refractivity contribution is -0.161. The quantitative estimate of drug-likeness (QED) is 0.0222. The van der Waals surface area contributed by atoms with E-state index in [-0.39, 0.29) is 25.7 Å². The van der Waals surface area contributed by atoms with Gasteiger partial charge in [0.2, 0.25) is 0 Å². The normalized spacial score (nSPS) is 14.1. The zero-order valence-electron chi connectivity index (χ0n) is 71.5. The van der Waals surface area contributed by atoms with Crippen LogP contribution in [0.1, 0.15) is 466 Å². The van der Waals surface area contributed by atoms with Crippen molar-refractivity contribution in [3.8, 4) is 0 Å². The number of ether oxygens (including phenoxy) is 4. The molecule has 0 aromatic carbocycles. The number of aliphatic hydroxyl groups is 1. The van der Waals surface area contributed by atoms with Crippen molar-refractivity contribution in [3.63, 3.8) is 0 Å². The van der Waals surface area contributed by atoms with E-state index in [2.05, 4.69) is 55.4 Å².